The predicted molar refractivity (Wildman–Crippen MR) is 90.9 cm³/mol. The molecule has 1 aromatic carbocycles. The van der Waals surface area contributed by atoms with Crippen LogP contribution >= 0.6 is 0 Å². The number of benzene rings is 1. The highest BCUT2D eigenvalue weighted by Gasteiger charge is 2.17. The van der Waals surface area contributed by atoms with Gasteiger partial charge < -0.3 is 10.2 Å². The van der Waals surface area contributed by atoms with Gasteiger partial charge in [0.05, 0.1) is 5.56 Å². The molecule has 0 atom stereocenters. The maximum Gasteiger partial charge on any atom is 0.256 e. The summed E-state index contributed by atoms with van der Waals surface area (Å²) in [6.45, 7) is 3.71. The molecule has 3 rings (SSSR count). The quantitative estimate of drug-likeness (QED) is 0.942. The minimum atomic E-state index is 0.0361. The Morgan fingerprint density at radius 1 is 1.09 bits per heavy atom. The summed E-state index contributed by atoms with van der Waals surface area (Å²) >= 11 is 0. The number of rotatable bonds is 3. The van der Waals surface area contributed by atoms with Crippen molar-refractivity contribution in [2.24, 2.45) is 0 Å². The topological polar surface area (TPSA) is 58.1 Å². The van der Waals surface area contributed by atoms with Crippen LogP contribution in [0.15, 0.2) is 36.7 Å². The Balaban J connectivity index is 1.67. The number of aromatic nitrogens is 2. The fourth-order valence-corrected chi connectivity index (χ4v) is 2.81. The molecule has 2 heterocycles. The number of anilines is 2. The average Bonchev–Trinajstić information content (AvgIpc) is 2.84. The van der Waals surface area contributed by atoms with Crippen LogP contribution in [0.2, 0.25) is 0 Å². The highest BCUT2D eigenvalue weighted by Crippen LogP contribution is 2.16. The number of carbonyl (C=O) groups is 1. The van der Waals surface area contributed by atoms with E-state index in [0.717, 1.165) is 31.6 Å². The van der Waals surface area contributed by atoms with Gasteiger partial charge in [0.1, 0.15) is 0 Å². The van der Waals surface area contributed by atoms with Gasteiger partial charge in [-0.1, -0.05) is 25.0 Å². The van der Waals surface area contributed by atoms with Crippen molar-refractivity contribution in [3.05, 3.63) is 47.8 Å². The number of amides is 1. The van der Waals surface area contributed by atoms with E-state index in [1.54, 1.807) is 12.4 Å². The zero-order chi connectivity index (χ0) is 16.1. The highest BCUT2D eigenvalue weighted by molar-refractivity contribution is 5.93. The summed E-state index contributed by atoms with van der Waals surface area (Å²) in [5.74, 6) is 0.539. The van der Waals surface area contributed by atoms with Crippen molar-refractivity contribution in [2.75, 3.05) is 18.4 Å². The van der Waals surface area contributed by atoms with Gasteiger partial charge in [-0.15, -0.1) is 0 Å². The summed E-state index contributed by atoms with van der Waals surface area (Å²) in [7, 11) is 0. The van der Waals surface area contributed by atoms with Crippen LogP contribution in [0, 0.1) is 6.92 Å². The molecule has 0 saturated carbocycles. The summed E-state index contributed by atoms with van der Waals surface area (Å²) in [4.78, 5) is 23.0. The number of hydrogen-bond acceptors (Lipinski definition) is 4. The van der Waals surface area contributed by atoms with E-state index in [4.69, 9.17) is 0 Å². The van der Waals surface area contributed by atoms with Crippen LogP contribution in [-0.2, 0) is 0 Å². The van der Waals surface area contributed by atoms with Gasteiger partial charge in [-0.25, -0.2) is 9.97 Å². The molecule has 1 saturated heterocycles. The molecule has 2 aromatic rings. The molecule has 1 N–H and O–H groups in total. The molecule has 5 heteroatoms. The Morgan fingerprint density at radius 2 is 1.78 bits per heavy atom. The van der Waals surface area contributed by atoms with Crippen LogP contribution in [0.1, 0.15) is 41.6 Å². The first-order valence-electron chi connectivity index (χ1n) is 8.17. The summed E-state index contributed by atoms with van der Waals surface area (Å²) in [6.07, 6.45) is 7.80. The number of nitrogens with one attached hydrogen (secondary N) is 1. The normalized spacial score (nSPS) is 15.1. The molecule has 1 aromatic heterocycles. The number of carbonyl (C=O) groups excluding carboxylic acids is 1. The van der Waals surface area contributed by atoms with Crippen molar-refractivity contribution in [3.63, 3.8) is 0 Å². The number of aryl methyl sites for hydroxylation is 1. The summed E-state index contributed by atoms with van der Waals surface area (Å²) < 4.78 is 0. The second-order valence-corrected chi connectivity index (χ2v) is 6.00. The second kappa shape index (κ2) is 7.22. The molecular formula is C18H22N4O. The second-order valence-electron chi connectivity index (χ2n) is 6.00. The van der Waals surface area contributed by atoms with Crippen LogP contribution in [0.5, 0.6) is 0 Å². The van der Waals surface area contributed by atoms with Gasteiger partial charge in [-0.2, -0.15) is 0 Å². The van der Waals surface area contributed by atoms with Gasteiger partial charge in [0.2, 0.25) is 5.95 Å². The van der Waals surface area contributed by atoms with Crippen molar-refractivity contribution >= 4 is 17.5 Å². The lowest BCUT2D eigenvalue weighted by atomic mass is 10.2. The Labute approximate surface area is 136 Å². The van der Waals surface area contributed by atoms with Gasteiger partial charge in [0, 0.05) is 31.2 Å². The minimum Gasteiger partial charge on any atom is -0.339 e. The molecule has 1 fully saturated rings. The molecule has 0 spiro atoms. The van der Waals surface area contributed by atoms with Crippen LogP contribution in [0.4, 0.5) is 11.6 Å². The van der Waals surface area contributed by atoms with Crippen molar-refractivity contribution in [2.45, 2.75) is 32.6 Å². The van der Waals surface area contributed by atoms with E-state index in [0.29, 0.717) is 11.5 Å². The highest BCUT2D eigenvalue weighted by atomic mass is 16.2. The molecule has 0 radical (unpaired) electrons. The minimum absolute atomic E-state index is 0.0361. The molecule has 23 heavy (non-hydrogen) atoms. The summed E-state index contributed by atoms with van der Waals surface area (Å²) in [5, 5.41) is 3.15. The lowest BCUT2D eigenvalue weighted by Crippen LogP contribution is -2.32. The fourth-order valence-electron chi connectivity index (χ4n) is 2.81. The smallest absolute Gasteiger partial charge is 0.256 e. The lowest BCUT2D eigenvalue weighted by molar-refractivity contribution is 0.0761. The number of nitrogens with zero attached hydrogens (tertiary/aromatic N) is 3. The SMILES string of the molecule is Cc1cccc(Nc2ncc(C(=O)N3CCCCCC3)cn2)c1. The maximum atomic E-state index is 12.5. The van der Waals surface area contributed by atoms with E-state index in [-0.39, 0.29) is 5.91 Å². The molecule has 120 valence electrons. The Morgan fingerprint density at radius 3 is 2.43 bits per heavy atom. The summed E-state index contributed by atoms with van der Waals surface area (Å²) in [6, 6.07) is 8.01. The predicted octanol–water partition coefficient (Wildman–Crippen LogP) is 3.54. The van der Waals surface area contributed by atoms with Crippen molar-refractivity contribution in [3.8, 4) is 0 Å². The first-order chi connectivity index (χ1) is 11.2. The standard InChI is InChI=1S/C18H22N4O/c1-14-7-6-8-16(11-14)21-18-19-12-15(13-20-18)17(23)22-9-4-2-3-5-10-22/h6-8,11-13H,2-5,9-10H2,1H3,(H,19,20,21). The van der Waals surface area contributed by atoms with Crippen molar-refractivity contribution in [1.82, 2.24) is 14.9 Å². The van der Waals surface area contributed by atoms with Gasteiger partial charge in [0.15, 0.2) is 0 Å². The third-order valence-electron chi connectivity index (χ3n) is 4.07. The van der Waals surface area contributed by atoms with E-state index in [2.05, 4.69) is 15.3 Å². The Hall–Kier alpha value is -2.43. The van der Waals surface area contributed by atoms with Gasteiger partial charge in [-0.3, -0.25) is 4.79 Å². The van der Waals surface area contributed by atoms with Crippen molar-refractivity contribution in [1.29, 1.82) is 0 Å². The maximum absolute atomic E-state index is 12.5. The van der Waals surface area contributed by atoms with Crippen LogP contribution in [-0.4, -0.2) is 33.9 Å². The zero-order valence-corrected chi connectivity index (χ0v) is 13.5. The molecular weight excluding hydrogens is 288 g/mol. The first-order valence-corrected chi connectivity index (χ1v) is 8.17. The van der Waals surface area contributed by atoms with E-state index in [1.165, 1.54) is 18.4 Å². The molecule has 5 nitrogen and oxygen atoms in total. The number of likely N-dealkylation sites (tertiary alicyclic amines) is 1. The van der Waals surface area contributed by atoms with Gasteiger partial charge in [0.25, 0.3) is 5.91 Å². The Bertz CT molecular complexity index is 661. The Kier molecular flexibility index (Phi) is 4.86. The van der Waals surface area contributed by atoms with Crippen LogP contribution in [0.3, 0.4) is 0 Å². The molecule has 1 aliphatic rings. The third kappa shape index (κ3) is 4.06. The van der Waals surface area contributed by atoms with E-state index >= 15 is 0 Å². The average molecular weight is 310 g/mol. The molecule has 0 bridgehead atoms. The fraction of sp³-hybridized carbons (Fsp3) is 0.389. The van der Waals surface area contributed by atoms with Gasteiger partial charge in [-0.05, 0) is 37.5 Å². The molecule has 0 aliphatic carbocycles. The van der Waals surface area contributed by atoms with Crippen LogP contribution < -0.4 is 5.32 Å². The van der Waals surface area contributed by atoms with E-state index in [9.17, 15) is 4.79 Å². The largest absolute Gasteiger partial charge is 0.339 e. The monoisotopic (exact) mass is 310 g/mol. The van der Waals surface area contributed by atoms with Gasteiger partial charge >= 0.3 is 0 Å². The van der Waals surface area contributed by atoms with Crippen LogP contribution in [0.25, 0.3) is 0 Å². The van der Waals surface area contributed by atoms with E-state index in [1.807, 2.05) is 36.1 Å². The number of hydrogen-bond donors (Lipinski definition) is 1. The van der Waals surface area contributed by atoms with Crippen molar-refractivity contribution < 1.29 is 4.79 Å². The third-order valence-corrected chi connectivity index (χ3v) is 4.07. The first kappa shape index (κ1) is 15.5. The molecule has 1 amide bonds. The lowest BCUT2D eigenvalue weighted by Gasteiger charge is -2.19. The zero-order valence-electron chi connectivity index (χ0n) is 13.5. The molecule has 0 unspecified atom stereocenters. The van der Waals surface area contributed by atoms with E-state index < -0.39 is 0 Å². The summed E-state index contributed by atoms with van der Waals surface area (Å²) in [5.41, 5.74) is 2.67. The molecule has 1 aliphatic heterocycles.